The fourth-order valence-corrected chi connectivity index (χ4v) is 4.86. The van der Waals surface area contributed by atoms with Crippen LogP contribution in [0.2, 0.25) is 5.02 Å². The molecule has 1 N–H and O–H groups in total. The Hall–Kier alpha value is -4.28. The van der Waals surface area contributed by atoms with E-state index in [0.717, 1.165) is 16.8 Å². The van der Waals surface area contributed by atoms with Crippen molar-refractivity contribution in [3.8, 4) is 16.9 Å². The molecule has 1 aromatic heterocycles. The SMILES string of the molecule is O=C1N/C(=N\N=C\c2cn(-c3ccccc3)nc2-c2ccc(Cl)cc2)SC1Cc1cccc([N+](=O)[O-])c1. The van der Waals surface area contributed by atoms with Gasteiger partial charge in [0.25, 0.3) is 5.69 Å². The minimum Gasteiger partial charge on any atom is -0.303 e. The first kappa shape index (κ1) is 24.4. The minimum atomic E-state index is -0.457. The maximum atomic E-state index is 12.4. The molecule has 2 heterocycles. The predicted molar refractivity (Wildman–Crippen MR) is 145 cm³/mol. The van der Waals surface area contributed by atoms with Crippen molar-refractivity contribution in [2.24, 2.45) is 10.2 Å². The van der Waals surface area contributed by atoms with Gasteiger partial charge in [0.2, 0.25) is 5.91 Å². The summed E-state index contributed by atoms with van der Waals surface area (Å²) in [6.45, 7) is 0. The quantitative estimate of drug-likeness (QED) is 0.199. The number of amides is 1. The van der Waals surface area contributed by atoms with E-state index in [1.165, 1.54) is 23.9 Å². The molecule has 1 fully saturated rings. The maximum absolute atomic E-state index is 12.4. The van der Waals surface area contributed by atoms with Gasteiger partial charge < -0.3 is 5.32 Å². The fraction of sp³-hybridized carbons (Fsp3) is 0.0769. The molecule has 3 aromatic carbocycles. The zero-order valence-corrected chi connectivity index (χ0v) is 20.8. The molecule has 0 saturated carbocycles. The highest BCUT2D eigenvalue weighted by Gasteiger charge is 2.30. The minimum absolute atomic E-state index is 0.00747. The van der Waals surface area contributed by atoms with Gasteiger partial charge in [-0.3, -0.25) is 14.9 Å². The van der Waals surface area contributed by atoms with Crippen molar-refractivity contribution < 1.29 is 9.72 Å². The Morgan fingerprint density at radius 1 is 1.11 bits per heavy atom. The second kappa shape index (κ2) is 10.8. The van der Waals surface area contributed by atoms with E-state index in [4.69, 9.17) is 16.7 Å². The van der Waals surface area contributed by atoms with Crippen molar-refractivity contribution in [3.05, 3.63) is 111 Å². The first-order valence-electron chi connectivity index (χ1n) is 11.2. The van der Waals surface area contributed by atoms with Gasteiger partial charge in [0, 0.05) is 34.5 Å². The average Bonchev–Trinajstić information content (AvgIpc) is 3.48. The van der Waals surface area contributed by atoms with Crippen LogP contribution in [0.3, 0.4) is 0 Å². The lowest BCUT2D eigenvalue weighted by Gasteiger charge is -2.04. The Labute approximate surface area is 221 Å². The van der Waals surface area contributed by atoms with Crippen molar-refractivity contribution >= 4 is 46.3 Å². The van der Waals surface area contributed by atoms with E-state index in [0.29, 0.717) is 27.9 Å². The summed E-state index contributed by atoms with van der Waals surface area (Å²) in [4.78, 5) is 23.0. The predicted octanol–water partition coefficient (Wildman–Crippen LogP) is 5.27. The number of aromatic nitrogens is 2. The van der Waals surface area contributed by atoms with E-state index < -0.39 is 10.2 Å². The molecule has 0 radical (unpaired) electrons. The third-order valence-corrected chi connectivity index (χ3v) is 6.87. The number of hydrogen-bond acceptors (Lipinski definition) is 7. The van der Waals surface area contributed by atoms with Crippen molar-refractivity contribution in [1.29, 1.82) is 0 Å². The number of benzene rings is 3. The van der Waals surface area contributed by atoms with Crippen LogP contribution in [0.15, 0.2) is 95.3 Å². The van der Waals surface area contributed by atoms with Crippen LogP contribution < -0.4 is 5.32 Å². The Bertz CT molecular complexity index is 1520. The van der Waals surface area contributed by atoms with E-state index >= 15 is 0 Å². The van der Waals surface area contributed by atoms with Crippen molar-refractivity contribution in [2.45, 2.75) is 11.7 Å². The Morgan fingerprint density at radius 3 is 2.65 bits per heavy atom. The topological polar surface area (TPSA) is 115 Å². The van der Waals surface area contributed by atoms with Crippen LogP contribution in [0, 0.1) is 10.1 Å². The number of nitro groups is 1. The highest BCUT2D eigenvalue weighted by Crippen LogP contribution is 2.26. The molecular weight excluding hydrogens is 512 g/mol. The first-order valence-corrected chi connectivity index (χ1v) is 12.4. The summed E-state index contributed by atoms with van der Waals surface area (Å²) in [6.07, 6.45) is 3.78. The summed E-state index contributed by atoms with van der Waals surface area (Å²) in [5.74, 6) is -0.218. The molecule has 5 rings (SSSR count). The van der Waals surface area contributed by atoms with Gasteiger partial charge in [-0.15, -0.1) is 5.10 Å². The summed E-state index contributed by atoms with van der Waals surface area (Å²) in [7, 11) is 0. The van der Waals surface area contributed by atoms with Crippen LogP contribution >= 0.6 is 23.4 Å². The monoisotopic (exact) mass is 530 g/mol. The second-order valence-electron chi connectivity index (χ2n) is 8.10. The number of non-ortho nitro benzene ring substituents is 1. The highest BCUT2D eigenvalue weighted by atomic mass is 35.5. The van der Waals surface area contributed by atoms with E-state index in [-0.39, 0.29) is 11.6 Å². The van der Waals surface area contributed by atoms with E-state index in [2.05, 4.69) is 15.5 Å². The van der Waals surface area contributed by atoms with Gasteiger partial charge in [-0.1, -0.05) is 65.8 Å². The lowest BCUT2D eigenvalue weighted by Crippen LogP contribution is -2.25. The molecule has 0 aliphatic carbocycles. The van der Waals surface area contributed by atoms with Crippen molar-refractivity contribution in [1.82, 2.24) is 15.1 Å². The van der Waals surface area contributed by atoms with Gasteiger partial charge in [0.15, 0.2) is 5.17 Å². The maximum Gasteiger partial charge on any atom is 0.269 e. The van der Waals surface area contributed by atoms with Gasteiger partial charge in [-0.05, 0) is 36.2 Å². The molecule has 9 nitrogen and oxygen atoms in total. The molecule has 184 valence electrons. The van der Waals surface area contributed by atoms with Crippen LogP contribution in [0.25, 0.3) is 16.9 Å². The number of nitro benzene ring substituents is 1. The number of hydrogen-bond donors (Lipinski definition) is 1. The number of nitrogens with zero attached hydrogens (tertiary/aromatic N) is 5. The lowest BCUT2D eigenvalue weighted by molar-refractivity contribution is -0.384. The number of amidine groups is 1. The molecule has 1 atom stereocenters. The summed E-state index contributed by atoms with van der Waals surface area (Å²) in [6, 6.07) is 23.3. The lowest BCUT2D eigenvalue weighted by atomic mass is 10.1. The normalized spacial score (nSPS) is 16.4. The Morgan fingerprint density at radius 2 is 1.89 bits per heavy atom. The van der Waals surface area contributed by atoms with Gasteiger partial charge in [0.05, 0.1) is 22.1 Å². The van der Waals surface area contributed by atoms with Gasteiger partial charge in [0.1, 0.15) is 5.69 Å². The number of thioether (sulfide) groups is 1. The molecular formula is C26H19ClN6O3S. The smallest absolute Gasteiger partial charge is 0.269 e. The zero-order valence-electron chi connectivity index (χ0n) is 19.2. The number of rotatable bonds is 7. The van der Waals surface area contributed by atoms with Crippen molar-refractivity contribution in [3.63, 3.8) is 0 Å². The highest BCUT2D eigenvalue weighted by molar-refractivity contribution is 8.15. The number of nitrogens with one attached hydrogen (secondary N) is 1. The number of halogens is 1. The summed E-state index contributed by atoms with van der Waals surface area (Å²) in [5, 5.41) is 27.4. The summed E-state index contributed by atoms with van der Waals surface area (Å²) >= 11 is 7.29. The van der Waals surface area contributed by atoms with E-state index in [1.807, 2.05) is 48.7 Å². The van der Waals surface area contributed by atoms with Gasteiger partial charge >= 0.3 is 0 Å². The Kier molecular flexibility index (Phi) is 7.11. The second-order valence-corrected chi connectivity index (χ2v) is 9.72. The molecule has 1 amide bonds. The molecule has 1 saturated heterocycles. The fourth-order valence-electron chi connectivity index (χ4n) is 3.77. The van der Waals surface area contributed by atoms with Crippen LogP contribution in [-0.4, -0.2) is 37.2 Å². The van der Waals surface area contributed by atoms with E-state index in [9.17, 15) is 14.9 Å². The molecule has 37 heavy (non-hydrogen) atoms. The first-order chi connectivity index (χ1) is 18.0. The molecule has 0 spiro atoms. The number of para-hydroxylation sites is 1. The molecule has 11 heteroatoms. The molecule has 1 aliphatic rings. The summed E-state index contributed by atoms with van der Waals surface area (Å²) < 4.78 is 1.76. The third-order valence-electron chi connectivity index (χ3n) is 5.55. The molecule has 1 aliphatic heterocycles. The van der Waals surface area contributed by atoms with Crippen LogP contribution in [0.1, 0.15) is 11.1 Å². The largest absolute Gasteiger partial charge is 0.303 e. The standard InChI is InChI=1S/C26H19ClN6O3S/c27-20-11-9-18(10-12-20)24-19(16-32(31-24)21-6-2-1-3-7-21)15-28-30-26-29-25(34)23(37-26)14-17-5-4-8-22(13-17)33(35)36/h1-13,15-16,23H,14H2,(H,29,30,34)/b28-15+. The molecule has 4 aromatic rings. The van der Waals surface area contributed by atoms with Gasteiger partial charge in [-0.2, -0.15) is 10.2 Å². The van der Waals surface area contributed by atoms with Crippen LogP contribution in [0.5, 0.6) is 0 Å². The van der Waals surface area contributed by atoms with Crippen molar-refractivity contribution in [2.75, 3.05) is 0 Å². The Balaban J connectivity index is 1.36. The third kappa shape index (κ3) is 5.76. The number of carbonyl (C=O) groups is 1. The average molecular weight is 531 g/mol. The molecule has 1 unspecified atom stereocenters. The number of carbonyl (C=O) groups excluding carboxylic acids is 1. The van der Waals surface area contributed by atoms with Crippen LogP contribution in [0.4, 0.5) is 5.69 Å². The van der Waals surface area contributed by atoms with E-state index in [1.54, 1.807) is 35.2 Å². The van der Waals surface area contributed by atoms with Gasteiger partial charge in [-0.25, -0.2) is 4.68 Å². The zero-order chi connectivity index (χ0) is 25.8. The summed E-state index contributed by atoms with van der Waals surface area (Å²) in [5.41, 5.74) is 3.90. The molecule has 0 bridgehead atoms. The van der Waals surface area contributed by atoms with Crippen LogP contribution in [-0.2, 0) is 11.2 Å².